The first-order chi connectivity index (χ1) is 9.90. The largest absolute Gasteiger partial charge is 0.329 e. The molecule has 0 radical (unpaired) electrons. The molecule has 2 unspecified atom stereocenters. The van der Waals surface area contributed by atoms with E-state index in [1.165, 1.54) is 22.5 Å². The van der Waals surface area contributed by atoms with Crippen LogP contribution in [0.3, 0.4) is 0 Å². The lowest BCUT2D eigenvalue weighted by atomic mass is 9.90. The molecule has 0 aromatic heterocycles. The second kappa shape index (κ2) is 6.73. The fourth-order valence-electron chi connectivity index (χ4n) is 2.82. The summed E-state index contributed by atoms with van der Waals surface area (Å²) in [7, 11) is -3.84. The monoisotopic (exact) mass is 378 g/mol. The van der Waals surface area contributed by atoms with Crippen LogP contribution in [0.4, 0.5) is 4.39 Å². The van der Waals surface area contributed by atoms with Crippen LogP contribution >= 0.6 is 15.9 Å². The van der Waals surface area contributed by atoms with E-state index in [-0.39, 0.29) is 17.5 Å². The van der Waals surface area contributed by atoms with Gasteiger partial charge < -0.3 is 5.73 Å². The Morgan fingerprint density at radius 3 is 2.76 bits per heavy atom. The highest BCUT2D eigenvalue weighted by atomic mass is 79.9. The first-order valence-corrected chi connectivity index (χ1v) is 9.30. The molecule has 7 heteroatoms. The Labute approximate surface area is 133 Å². The maximum absolute atomic E-state index is 14.0. The molecule has 0 saturated carbocycles. The molecule has 4 nitrogen and oxygen atoms in total. The molecule has 1 heterocycles. The third kappa shape index (κ3) is 3.47. The molecule has 0 spiro atoms. The lowest BCUT2D eigenvalue weighted by Crippen LogP contribution is -2.49. The lowest BCUT2D eigenvalue weighted by molar-refractivity contribution is 0.197. The van der Waals surface area contributed by atoms with Gasteiger partial charge in [0.05, 0.1) is 0 Å². The lowest BCUT2D eigenvalue weighted by Gasteiger charge is -2.37. The van der Waals surface area contributed by atoms with E-state index in [0.29, 0.717) is 16.9 Å². The van der Waals surface area contributed by atoms with Crippen LogP contribution in [0.15, 0.2) is 27.6 Å². The predicted octanol–water partition coefficient (Wildman–Crippen LogP) is 2.73. The topological polar surface area (TPSA) is 63.4 Å². The Hall–Kier alpha value is -0.500. The summed E-state index contributed by atoms with van der Waals surface area (Å²) in [6.07, 6.45) is 2.55. The second-order valence-electron chi connectivity index (χ2n) is 5.38. The SMILES string of the molecule is CCC1CCN(S(=O)(=O)c2ccc(Br)cc2F)C(CN)C1. The minimum Gasteiger partial charge on any atom is -0.329 e. The van der Waals surface area contributed by atoms with Crippen molar-refractivity contribution >= 4 is 26.0 Å². The number of nitrogens with two attached hydrogens (primary N) is 1. The highest BCUT2D eigenvalue weighted by molar-refractivity contribution is 9.10. The van der Waals surface area contributed by atoms with Gasteiger partial charge in [0, 0.05) is 23.6 Å². The zero-order valence-corrected chi connectivity index (χ0v) is 14.3. The van der Waals surface area contributed by atoms with E-state index in [9.17, 15) is 12.8 Å². The molecular formula is C14H20BrFN2O2S. The van der Waals surface area contributed by atoms with E-state index in [1.54, 1.807) is 0 Å². The van der Waals surface area contributed by atoms with Crippen LogP contribution in [-0.2, 0) is 10.0 Å². The van der Waals surface area contributed by atoms with E-state index in [1.807, 2.05) is 0 Å². The van der Waals surface area contributed by atoms with Crippen LogP contribution in [0.25, 0.3) is 0 Å². The van der Waals surface area contributed by atoms with Crippen molar-refractivity contribution < 1.29 is 12.8 Å². The van der Waals surface area contributed by atoms with Crippen LogP contribution in [0.5, 0.6) is 0 Å². The first-order valence-electron chi connectivity index (χ1n) is 7.07. The Morgan fingerprint density at radius 2 is 2.19 bits per heavy atom. The summed E-state index contributed by atoms with van der Waals surface area (Å²) in [6, 6.07) is 3.75. The van der Waals surface area contributed by atoms with Crippen molar-refractivity contribution in [1.29, 1.82) is 0 Å². The maximum Gasteiger partial charge on any atom is 0.246 e. The zero-order chi connectivity index (χ0) is 15.6. The standard InChI is InChI=1S/C14H20BrFN2O2S/c1-2-10-5-6-18(12(7-10)9-17)21(19,20)14-4-3-11(15)8-13(14)16/h3-4,8,10,12H,2,5-7,9,17H2,1H3. The van der Waals surface area contributed by atoms with Crippen molar-refractivity contribution in [3.8, 4) is 0 Å². The Balaban J connectivity index is 2.34. The summed E-state index contributed by atoms with van der Waals surface area (Å²) < 4.78 is 41.3. The average Bonchev–Trinajstić information content (AvgIpc) is 2.46. The highest BCUT2D eigenvalue weighted by Gasteiger charge is 2.36. The number of hydrogen-bond acceptors (Lipinski definition) is 3. The molecule has 2 atom stereocenters. The summed E-state index contributed by atoms with van der Waals surface area (Å²) in [5.74, 6) is -0.252. The number of nitrogens with zero attached hydrogens (tertiary/aromatic N) is 1. The van der Waals surface area contributed by atoms with Crippen LogP contribution in [0.1, 0.15) is 26.2 Å². The molecule has 1 saturated heterocycles. The minimum atomic E-state index is -3.84. The van der Waals surface area contributed by atoms with Gasteiger partial charge in [0.1, 0.15) is 10.7 Å². The summed E-state index contributed by atoms with van der Waals surface area (Å²) in [5.41, 5.74) is 5.74. The molecule has 1 aliphatic rings. The van der Waals surface area contributed by atoms with Gasteiger partial charge in [-0.2, -0.15) is 4.31 Å². The summed E-state index contributed by atoms with van der Waals surface area (Å²) in [4.78, 5) is -0.279. The summed E-state index contributed by atoms with van der Waals surface area (Å²) in [6.45, 7) is 2.75. The number of benzene rings is 1. The normalized spacial score (nSPS) is 24.2. The van der Waals surface area contributed by atoms with Crippen LogP contribution in [-0.4, -0.2) is 31.9 Å². The van der Waals surface area contributed by atoms with Crippen molar-refractivity contribution in [3.05, 3.63) is 28.5 Å². The van der Waals surface area contributed by atoms with E-state index >= 15 is 0 Å². The Morgan fingerprint density at radius 1 is 1.48 bits per heavy atom. The van der Waals surface area contributed by atoms with Crippen molar-refractivity contribution in [3.63, 3.8) is 0 Å². The van der Waals surface area contributed by atoms with Gasteiger partial charge in [-0.25, -0.2) is 12.8 Å². The third-order valence-electron chi connectivity index (χ3n) is 4.10. The Kier molecular flexibility index (Phi) is 5.40. The van der Waals surface area contributed by atoms with E-state index in [2.05, 4.69) is 22.9 Å². The van der Waals surface area contributed by atoms with Gasteiger partial charge in [-0.1, -0.05) is 29.3 Å². The van der Waals surface area contributed by atoms with Crippen molar-refractivity contribution in [2.75, 3.05) is 13.1 Å². The summed E-state index contributed by atoms with van der Waals surface area (Å²) in [5, 5.41) is 0. The molecule has 1 aliphatic heterocycles. The molecule has 118 valence electrons. The molecule has 21 heavy (non-hydrogen) atoms. The Bertz CT molecular complexity index is 609. The molecule has 1 aromatic carbocycles. The fourth-order valence-corrected chi connectivity index (χ4v) is 4.87. The van der Waals surface area contributed by atoms with Gasteiger partial charge >= 0.3 is 0 Å². The zero-order valence-electron chi connectivity index (χ0n) is 11.9. The molecule has 0 aliphatic carbocycles. The molecular weight excluding hydrogens is 359 g/mol. The van der Waals surface area contributed by atoms with Gasteiger partial charge in [0.2, 0.25) is 10.0 Å². The van der Waals surface area contributed by atoms with Gasteiger partial charge in [0.15, 0.2) is 0 Å². The number of halogens is 2. The quantitative estimate of drug-likeness (QED) is 0.875. The van der Waals surface area contributed by atoms with E-state index < -0.39 is 15.8 Å². The predicted molar refractivity (Wildman–Crippen MR) is 83.8 cm³/mol. The van der Waals surface area contributed by atoms with Crippen molar-refractivity contribution in [2.24, 2.45) is 11.7 Å². The minimum absolute atomic E-state index is 0.253. The third-order valence-corrected chi connectivity index (χ3v) is 6.58. The molecule has 0 amide bonds. The fraction of sp³-hybridized carbons (Fsp3) is 0.571. The van der Waals surface area contributed by atoms with Crippen LogP contribution in [0.2, 0.25) is 0 Å². The molecule has 0 bridgehead atoms. The van der Waals surface area contributed by atoms with Crippen molar-refractivity contribution in [1.82, 2.24) is 4.31 Å². The molecule has 2 rings (SSSR count). The molecule has 2 N–H and O–H groups in total. The number of sulfonamides is 1. The van der Waals surface area contributed by atoms with Gasteiger partial charge in [-0.05, 0) is 37.0 Å². The molecule has 1 aromatic rings. The second-order valence-corrected chi connectivity index (χ2v) is 8.15. The molecule has 1 fully saturated rings. The van der Waals surface area contributed by atoms with Crippen molar-refractivity contribution in [2.45, 2.75) is 37.1 Å². The smallest absolute Gasteiger partial charge is 0.246 e. The van der Waals surface area contributed by atoms with Gasteiger partial charge in [-0.3, -0.25) is 0 Å². The number of piperidine rings is 1. The summed E-state index contributed by atoms with van der Waals surface area (Å²) >= 11 is 3.13. The highest BCUT2D eigenvalue weighted by Crippen LogP contribution is 2.31. The number of rotatable bonds is 4. The average molecular weight is 379 g/mol. The van der Waals surface area contributed by atoms with E-state index in [0.717, 1.165) is 19.3 Å². The van der Waals surface area contributed by atoms with Gasteiger partial charge in [0.25, 0.3) is 0 Å². The maximum atomic E-state index is 14.0. The van der Waals surface area contributed by atoms with Crippen LogP contribution in [0, 0.1) is 11.7 Å². The van der Waals surface area contributed by atoms with E-state index in [4.69, 9.17) is 5.73 Å². The number of hydrogen-bond donors (Lipinski definition) is 1. The first kappa shape index (κ1) is 16.9. The van der Waals surface area contributed by atoms with Crippen LogP contribution < -0.4 is 5.73 Å². The van der Waals surface area contributed by atoms with Gasteiger partial charge in [-0.15, -0.1) is 0 Å².